The summed E-state index contributed by atoms with van der Waals surface area (Å²) < 4.78 is 0. The molecule has 120 valence electrons. The molecule has 2 aromatic heterocycles. The molecule has 2 atom stereocenters. The molecule has 4 nitrogen and oxygen atoms in total. The highest BCUT2D eigenvalue weighted by molar-refractivity contribution is 7.80. The van der Waals surface area contributed by atoms with E-state index >= 15 is 0 Å². The molecule has 4 rings (SSSR count). The third kappa shape index (κ3) is 2.63. The van der Waals surface area contributed by atoms with Crippen LogP contribution in [0.1, 0.15) is 54.8 Å². The van der Waals surface area contributed by atoms with Gasteiger partial charge in [0.05, 0.1) is 17.8 Å². The summed E-state index contributed by atoms with van der Waals surface area (Å²) in [5.74, 6) is 0. The fourth-order valence-electron chi connectivity index (χ4n) is 3.97. The predicted molar refractivity (Wildman–Crippen MR) is 95.1 cm³/mol. The Labute approximate surface area is 142 Å². The summed E-state index contributed by atoms with van der Waals surface area (Å²) in [6, 6.07) is 11.2. The monoisotopic (exact) mass is 326 g/mol. The number of nitrogens with one attached hydrogen (secondary N) is 2. The van der Waals surface area contributed by atoms with Crippen LogP contribution in [0.2, 0.25) is 0 Å². The molecule has 0 radical (unpaired) electrons. The van der Waals surface area contributed by atoms with Gasteiger partial charge in [0.1, 0.15) is 0 Å². The van der Waals surface area contributed by atoms with Gasteiger partial charge < -0.3 is 15.2 Å². The Morgan fingerprint density at radius 2 is 2.00 bits per heavy atom. The summed E-state index contributed by atoms with van der Waals surface area (Å²) >= 11 is 5.71. The lowest BCUT2D eigenvalue weighted by Crippen LogP contribution is -2.37. The number of hydrogen-bond acceptors (Lipinski definition) is 2. The van der Waals surface area contributed by atoms with E-state index in [9.17, 15) is 0 Å². The average Bonchev–Trinajstić information content (AvgIpc) is 3.27. The molecule has 0 spiro atoms. The highest BCUT2D eigenvalue weighted by atomic mass is 32.1. The fraction of sp³-hybridized carbons (Fsp3) is 0.444. The Balaban J connectivity index is 1.75. The molecule has 2 unspecified atom stereocenters. The first-order chi connectivity index (χ1) is 11.2. The molecule has 1 saturated heterocycles. The zero-order valence-corrected chi connectivity index (χ0v) is 14.1. The zero-order chi connectivity index (χ0) is 15.8. The summed E-state index contributed by atoms with van der Waals surface area (Å²) in [6.07, 6.45) is 6.91. The molecule has 2 fully saturated rings. The second kappa shape index (κ2) is 5.96. The van der Waals surface area contributed by atoms with E-state index in [4.69, 9.17) is 12.2 Å². The average molecular weight is 326 g/mol. The van der Waals surface area contributed by atoms with Crippen molar-refractivity contribution in [1.82, 2.24) is 20.2 Å². The van der Waals surface area contributed by atoms with Crippen LogP contribution in [0.3, 0.4) is 0 Å². The van der Waals surface area contributed by atoms with Gasteiger partial charge in [-0.05, 0) is 56.2 Å². The van der Waals surface area contributed by atoms with E-state index in [1.807, 2.05) is 18.3 Å². The molecule has 2 aliphatic rings. The molecule has 2 aromatic rings. The lowest BCUT2D eigenvalue weighted by atomic mass is 10.00. The summed E-state index contributed by atoms with van der Waals surface area (Å²) in [6.45, 7) is 2.10. The fourth-order valence-corrected chi connectivity index (χ4v) is 4.36. The number of aromatic nitrogens is 2. The van der Waals surface area contributed by atoms with Crippen molar-refractivity contribution in [2.45, 2.75) is 50.7 Å². The molecular formula is C18H22N4S. The van der Waals surface area contributed by atoms with Crippen molar-refractivity contribution in [2.24, 2.45) is 0 Å². The maximum absolute atomic E-state index is 5.71. The van der Waals surface area contributed by atoms with Crippen molar-refractivity contribution in [2.75, 3.05) is 0 Å². The number of nitrogens with zero attached hydrogens (tertiary/aromatic N) is 2. The number of thiocarbonyl (C=S) groups is 1. The van der Waals surface area contributed by atoms with Crippen LogP contribution in [-0.2, 0) is 0 Å². The van der Waals surface area contributed by atoms with E-state index in [0.717, 1.165) is 10.8 Å². The second-order valence-corrected chi connectivity index (χ2v) is 6.96. The molecule has 1 aliphatic heterocycles. The van der Waals surface area contributed by atoms with Gasteiger partial charge in [0.25, 0.3) is 0 Å². The van der Waals surface area contributed by atoms with Crippen molar-refractivity contribution in [3.05, 3.63) is 53.6 Å². The number of aromatic amines is 1. The zero-order valence-electron chi connectivity index (χ0n) is 13.3. The van der Waals surface area contributed by atoms with Crippen LogP contribution in [0.25, 0.3) is 0 Å². The van der Waals surface area contributed by atoms with Gasteiger partial charge in [-0.15, -0.1) is 0 Å². The number of rotatable bonds is 3. The third-order valence-corrected chi connectivity index (χ3v) is 5.36. The molecule has 0 aromatic carbocycles. The number of pyridine rings is 1. The second-order valence-electron chi connectivity index (χ2n) is 6.57. The Hall–Kier alpha value is -1.88. The lowest BCUT2D eigenvalue weighted by Gasteiger charge is -2.32. The van der Waals surface area contributed by atoms with Crippen LogP contribution >= 0.6 is 12.2 Å². The quantitative estimate of drug-likeness (QED) is 0.845. The number of H-pyrrole nitrogens is 1. The van der Waals surface area contributed by atoms with Crippen LogP contribution in [-0.4, -0.2) is 26.0 Å². The standard InChI is InChI=1S/C18H22N4S/c1-12-9-10-15(20-12)17-16(14-8-4-5-11-19-14)21-18(23)22(17)13-6-2-3-7-13/h4-5,8-11,13,16-17,20H,2-3,6-7H2,1H3,(H,21,23). The van der Waals surface area contributed by atoms with Gasteiger partial charge in [0.2, 0.25) is 0 Å². The van der Waals surface area contributed by atoms with Gasteiger partial charge in [-0.25, -0.2) is 0 Å². The van der Waals surface area contributed by atoms with Gasteiger partial charge in [0.15, 0.2) is 5.11 Å². The Bertz CT molecular complexity index is 690. The normalized spacial score (nSPS) is 25.1. The maximum atomic E-state index is 5.71. The number of hydrogen-bond donors (Lipinski definition) is 2. The van der Waals surface area contributed by atoms with Gasteiger partial charge in [0, 0.05) is 23.6 Å². The van der Waals surface area contributed by atoms with Gasteiger partial charge in [-0.3, -0.25) is 4.98 Å². The largest absolute Gasteiger partial charge is 0.361 e. The first kappa shape index (κ1) is 14.7. The predicted octanol–water partition coefficient (Wildman–Crippen LogP) is 3.63. The molecule has 2 N–H and O–H groups in total. The number of aryl methyl sites for hydroxylation is 1. The lowest BCUT2D eigenvalue weighted by molar-refractivity contribution is 0.242. The minimum atomic E-state index is 0.0994. The molecule has 1 aliphatic carbocycles. The molecular weight excluding hydrogens is 304 g/mol. The van der Waals surface area contributed by atoms with Crippen molar-refractivity contribution in [3.63, 3.8) is 0 Å². The maximum Gasteiger partial charge on any atom is 0.170 e. The summed E-state index contributed by atoms with van der Waals surface area (Å²) in [7, 11) is 0. The van der Waals surface area contributed by atoms with Crippen LogP contribution < -0.4 is 5.32 Å². The topological polar surface area (TPSA) is 44.0 Å². The van der Waals surface area contributed by atoms with E-state index in [1.165, 1.54) is 37.1 Å². The first-order valence-corrected chi connectivity index (χ1v) is 8.80. The minimum Gasteiger partial charge on any atom is -0.361 e. The molecule has 3 heterocycles. The summed E-state index contributed by atoms with van der Waals surface area (Å²) in [4.78, 5) is 10.5. The first-order valence-electron chi connectivity index (χ1n) is 8.39. The van der Waals surface area contributed by atoms with E-state index in [0.29, 0.717) is 6.04 Å². The van der Waals surface area contributed by atoms with Crippen molar-refractivity contribution >= 4 is 17.3 Å². The van der Waals surface area contributed by atoms with Crippen LogP contribution in [0.4, 0.5) is 0 Å². The van der Waals surface area contributed by atoms with Gasteiger partial charge in [-0.1, -0.05) is 18.9 Å². The highest BCUT2D eigenvalue weighted by Gasteiger charge is 2.44. The Morgan fingerprint density at radius 1 is 1.17 bits per heavy atom. The van der Waals surface area contributed by atoms with E-state index in [-0.39, 0.29) is 12.1 Å². The van der Waals surface area contributed by atoms with Crippen LogP contribution in [0, 0.1) is 6.92 Å². The Morgan fingerprint density at radius 3 is 2.65 bits per heavy atom. The van der Waals surface area contributed by atoms with E-state index in [1.54, 1.807) is 0 Å². The van der Waals surface area contributed by atoms with Gasteiger partial charge >= 0.3 is 0 Å². The van der Waals surface area contributed by atoms with Crippen LogP contribution in [0.15, 0.2) is 36.5 Å². The molecule has 23 heavy (non-hydrogen) atoms. The van der Waals surface area contributed by atoms with Crippen molar-refractivity contribution in [1.29, 1.82) is 0 Å². The van der Waals surface area contributed by atoms with Crippen molar-refractivity contribution in [3.8, 4) is 0 Å². The summed E-state index contributed by atoms with van der Waals surface area (Å²) in [5.41, 5.74) is 3.45. The molecule has 5 heteroatoms. The highest BCUT2D eigenvalue weighted by Crippen LogP contribution is 2.42. The van der Waals surface area contributed by atoms with Gasteiger partial charge in [-0.2, -0.15) is 0 Å². The van der Waals surface area contributed by atoms with E-state index in [2.05, 4.69) is 45.3 Å². The minimum absolute atomic E-state index is 0.0994. The SMILES string of the molecule is Cc1ccc(C2C(c3ccccn3)NC(=S)N2C2CCCC2)[nH]1. The molecule has 0 bridgehead atoms. The third-order valence-electron chi connectivity index (χ3n) is 5.03. The molecule has 1 saturated carbocycles. The summed E-state index contributed by atoms with van der Waals surface area (Å²) in [5, 5.41) is 4.40. The van der Waals surface area contributed by atoms with Crippen molar-refractivity contribution < 1.29 is 0 Å². The van der Waals surface area contributed by atoms with Crippen LogP contribution in [0.5, 0.6) is 0 Å². The van der Waals surface area contributed by atoms with E-state index < -0.39 is 0 Å². The molecule has 0 amide bonds. The smallest absolute Gasteiger partial charge is 0.170 e. The Kier molecular flexibility index (Phi) is 3.81.